The SMILES string of the molecule is CC(NCC(O)c1cccc(OC(F)F)c1)c1cnn(C)c1. The minimum atomic E-state index is -2.88. The van der Waals surface area contributed by atoms with E-state index in [1.165, 1.54) is 12.1 Å². The van der Waals surface area contributed by atoms with Crippen molar-refractivity contribution in [2.45, 2.75) is 25.7 Å². The predicted molar refractivity (Wildman–Crippen MR) is 77.7 cm³/mol. The van der Waals surface area contributed by atoms with Crippen molar-refractivity contribution in [1.29, 1.82) is 0 Å². The van der Waals surface area contributed by atoms with Crippen molar-refractivity contribution >= 4 is 0 Å². The number of alkyl halides is 2. The van der Waals surface area contributed by atoms with Crippen molar-refractivity contribution in [2.24, 2.45) is 7.05 Å². The molecule has 7 heteroatoms. The summed E-state index contributed by atoms with van der Waals surface area (Å²) in [6.07, 6.45) is 2.82. The van der Waals surface area contributed by atoms with Gasteiger partial charge >= 0.3 is 6.61 Å². The van der Waals surface area contributed by atoms with Gasteiger partial charge in [-0.05, 0) is 24.6 Å². The zero-order valence-corrected chi connectivity index (χ0v) is 12.4. The highest BCUT2D eigenvalue weighted by atomic mass is 19.3. The quantitative estimate of drug-likeness (QED) is 0.824. The van der Waals surface area contributed by atoms with Crippen LogP contribution < -0.4 is 10.1 Å². The fourth-order valence-corrected chi connectivity index (χ4v) is 2.09. The van der Waals surface area contributed by atoms with Crippen LogP contribution in [0.15, 0.2) is 36.7 Å². The lowest BCUT2D eigenvalue weighted by atomic mass is 10.1. The largest absolute Gasteiger partial charge is 0.435 e. The number of aliphatic hydroxyl groups is 1. The molecular formula is C15H19F2N3O2. The van der Waals surface area contributed by atoms with Crippen LogP contribution in [-0.4, -0.2) is 28.0 Å². The summed E-state index contributed by atoms with van der Waals surface area (Å²) < 4.78 is 30.4. The van der Waals surface area contributed by atoms with Crippen molar-refractivity contribution in [3.63, 3.8) is 0 Å². The van der Waals surface area contributed by atoms with Gasteiger partial charge in [0.1, 0.15) is 5.75 Å². The molecule has 0 aliphatic heterocycles. The predicted octanol–water partition coefficient (Wildman–Crippen LogP) is 2.41. The van der Waals surface area contributed by atoms with Crippen LogP contribution in [0.2, 0.25) is 0 Å². The summed E-state index contributed by atoms with van der Waals surface area (Å²) in [7, 11) is 1.83. The lowest BCUT2D eigenvalue weighted by Gasteiger charge is -2.17. The molecular weight excluding hydrogens is 292 g/mol. The molecule has 0 saturated heterocycles. The van der Waals surface area contributed by atoms with E-state index in [-0.39, 0.29) is 18.3 Å². The minimum absolute atomic E-state index is 0.0175. The van der Waals surface area contributed by atoms with E-state index in [0.29, 0.717) is 5.56 Å². The Morgan fingerprint density at radius 1 is 1.36 bits per heavy atom. The maximum atomic E-state index is 12.2. The molecule has 5 nitrogen and oxygen atoms in total. The Balaban J connectivity index is 1.93. The zero-order chi connectivity index (χ0) is 16.1. The standard InChI is InChI=1S/C15H19F2N3O2/c1-10(12-7-19-20(2)9-12)18-8-14(21)11-4-3-5-13(6-11)22-15(16)17/h3-7,9-10,14-15,18,21H,8H2,1-2H3. The molecule has 2 aromatic rings. The molecule has 1 aromatic carbocycles. The van der Waals surface area contributed by atoms with Crippen molar-refractivity contribution in [2.75, 3.05) is 6.54 Å². The van der Waals surface area contributed by atoms with E-state index in [4.69, 9.17) is 0 Å². The van der Waals surface area contributed by atoms with Gasteiger partial charge in [-0.1, -0.05) is 12.1 Å². The Morgan fingerprint density at radius 2 is 2.14 bits per heavy atom. The topological polar surface area (TPSA) is 59.3 Å². The number of benzene rings is 1. The maximum Gasteiger partial charge on any atom is 0.387 e. The molecule has 0 amide bonds. The summed E-state index contributed by atoms with van der Waals surface area (Å²) in [6.45, 7) is -0.634. The van der Waals surface area contributed by atoms with E-state index in [2.05, 4.69) is 15.2 Å². The van der Waals surface area contributed by atoms with Gasteiger partial charge in [0.15, 0.2) is 0 Å². The molecule has 2 N–H and O–H groups in total. The first-order chi connectivity index (χ1) is 10.5. The fourth-order valence-electron chi connectivity index (χ4n) is 2.09. The van der Waals surface area contributed by atoms with Crippen LogP contribution in [0.3, 0.4) is 0 Å². The van der Waals surface area contributed by atoms with Gasteiger partial charge < -0.3 is 15.2 Å². The normalized spacial score (nSPS) is 14.1. The van der Waals surface area contributed by atoms with Gasteiger partial charge in [-0.25, -0.2) is 0 Å². The second kappa shape index (κ2) is 7.33. The van der Waals surface area contributed by atoms with E-state index < -0.39 is 12.7 Å². The van der Waals surface area contributed by atoms with Gasteiger partial charge in [-0.15, -0.1) is 0 Å². The van der Waals surface area contributed by atoms with Crippen LogP contribution in [0.4, 0.5) is 8.78 Å². The monoisotopic (exact) mass is 311 g/mol. The molecule has 22 heavy (non-hydrogen) atoms. The van der Waals surface area contributed by atoms with Crippen molar-refractivity contribution in [3.05, 3.63) is 47.8 Å². The minimum Gasteiger partial charge on any atom is -0.435 e. The molecule has 1 heterocycles. The molecule has 0 fully saturated rings. The number of hydrogen-bond donors (Lipinski definition) is 2. The van der Waals surface area contributed by atoms with Crippen molar-refractivity contribution in [3.8, 4) is 5.75 Å². The van der Waals surface area contributed by atoms with Crippen LogP contribution >= 0.6 is 0 Å². The summed E-state index contributed by atoms with van der Waals surface area (Å²) in [5.74, 6) is 0.0341. The summed E-state index contributed by atoms with van der Waals surface area (Å²) in [5, 5.41) is 17.4. The summed E-state index contributed by atoms with van der Waals surface area (Å²) in [5.41, 5.74) is 1.52. The molecule has 0 radical (unpaired) electrons. The third-order valence-corrected chi connectivity index (χ3v) is 3.31. The Labute approximate surface area is 127 Å². The molecule has 0 saturated carbocycles. The first kappa shape index (κ1) is 16.4. The molecule has 1 aromatic heterocycles. The highest BCUT2D eigenvalue weighted by Crippen LogP contribution is 2.21. The third kappa shape index (κ3) is 4.51. The highest BCUT2D eigenvalue weighted by molar-refractivity contribution is 5.30. The number of nitrogens with one attached hydrogen (secondary N) is 1. The molecule has 0 spiro atoms. The summed E-state index contributed by atoms with van der Waals surface area (Å²) in [4.78, 5) is 0. The molecule has 0 aliphatic rings. The number of nitrogens with zero attached hydrogens (tertiary/aromatic N) is 2. The Bertz CT molecular complexity index is 604. The van der Waals surface area contributed by atoms with Crippen LogP contribution in [0.1, 0.15) is 30.2 Å². The molecule has 0 aliphatic carbocycles. The number of aliphatic hydroxyl groups excluding tert-OH is 1. The van der Waals surface area contributed by atoms with Crippen LogP contribution in [0, 0.1) is 0 Å². The first-order valence-corrected chi connectivity index (χ1v) is 6.90. The van der Waals surface area contributed by atoms with Crippen molar-refractivity contribution in [1.82, 2.24) is 15.1 Å². The molecule has 2 rings (SSSR count). The van der Waals surface area contributed by atoms with Gasteiger partial charge in [0.2, 0.25) is 0 Å². The Kier molecular flexibility index (Phi) is 5.46. The average Bonchev–Trinajstić information content (AvgIpc) is 2.90. The fraction of sp³-hybridized carbons (Fsp3) is 0.400. The van der Waals surface area contributed by atoms with E-state index in [0.717, 1.165) is 5.56 Å². The Hall–Kier alpha value is -1.99. The first-order valence-electron chi connectivity index (χ1n) is 6.90. The third-order valence-electron chi connectivity index (χ3n) is 3.31. The molecule has 120 valence electrons. The van der Waals surface area contributed by atoms with Gasteiger partial charge in [-0.2, -0.15) is 13.9 Å². The van der Waals surface area contributed by atoms with Gasteiger partial charge in [0, 0.05) is 31.4 Å². The number of ether oxygens (including phenoxy) is 1. The zero-order valence-electron chi connectivity index (χ0n) is 12.4. The molecule has 0 bridgehead atoms. The van der Waals surface area contributed by atoms with Gasteiger partial charge in [0.25, 0.3) is 0 Å². The second-order valence-electron chi connectivity index (χ2n) is 5.04. The van der Waals surface area contributed by atoms with Crippen LogP contribution in [0.25, 0.3) is 0 Å². The van der Waals surface area contributed by atoms with E-state index in [9.17, 15) is 13.9 Å². The van der Waals surface area contributed by atoms with Gasteiger partial charge in [0.05, 0.1) is 12.3 Å². The van der Waals surface area contributed by atoms with Crippen LogP contribution in [-0.2, 0) is 7.05 Å². The Morgan fingerprint density at radius 3 is 2.77 bits per heavy atom. The van der Waals surface area contributed by atoms with E-state index in [1.807, 2.05) is 20.2 Å². The number of aryl methyl sites for hydroxylation is 1. The summed E-state index contributed by atoms with van der Waals surface area (Å²) >= 11 is 0. The number of halogens is 2. The van der Waals surface area contributed by atoms with E-state index >= 15 is 0 Å². The smallest absolute Gasteiger partial charge is 0.387 e. The lowest BCUT2D eigenvalue weighted by molar-refractivity contribution is -0.0499. The molecule has 2 atom stereocenters. The number of hydrogen-bond acceptors (Lipinski definition) is 4. The van der Waals surface area contributed by atoms with Crippen molar-refractivity contribution < 1.29 is 18.6 Å². The molecule has 2 unspecified atom stereocenters. The van der Waals surface area contributed by atoms with Crippen LogP contribution in [0.5, 0.6) is 5.75 Å². The summed E-state index contributed by atoms with van der Waals surface area (Å²) in [6, 6.07) is 6.09. The van der Waals surface area contributed by atoms with Gasteiger partial charge in [-0.3, -0.25) is 4.68 Å². The number of rotatable bonds is 7. The van der Waals surface area contributed by atoms with E-state index in [1.54, 1.807) is 23.0 Å². The second-order valence-corrected chi connectivity index (χ2v) is 5.04. The average molecular weight is 311 g/mol. The maximum absolute atomic E-state index is 12.2. The lowest BCUT2D eigenvalue weighted by Crippen LogP contribution is -2.24. The number of aromatic nitrogens is 2. The highest BCUT2D eigenvalue weighted by Gasteiger charge is 2.13.